The molecule has 0 saturated heterocycles. The highest BCUT2D eigenvalue weighted by Gasteiger charge is 2.10. The van der Waals surface area contributed by atoms with Crippen molar-refractivity contribution in [1.82, 2.24) is 20.3 Å². The summed E-state index contributed by atoms with van der Waals surface area (Å²) in [6, 6.07) is 9.67. The van der Waals surface area contributed by atoms with Crippen LogP contribution in [0.15, 0.2) is 48.9 Å². The van der Waals surface area contributed by atoms with Crippen molar-refractivity contribution in [2.75, 3.05) is 6.54 Å². The van der Waals surface area contributed by atoms with Gasteiger partial charge in [0.25, 0.3) is 5.91 Å². The molecule has 2 aromatic heterocycles. The lowest BCUT2D eigenvalue weighted by Gasteiger charge is -2.06. The molecule has 0 aliphatic heterocycles. The van der Waals surface area contributed by atoms with Crippen molar-refractivity contribution in [3.8, 4) is 0 Å². The second-order valence-electron chi connectivity index (χ2n) is 4.78. The minimum atomic E-state index is -0.133. The molecule has 2 heterocycles. The number of benzene rings is 1. The van der Waals surface area contributed by atoms with Gasteiger partial charge in [-0.05, 0) is 17.9 Å². The predicted molar refractivity (Wildman–Crippen MR) is 81.0 cm³/mol. The largest absolute Gasteiger partial charge is 0.351 e. The number of carbonyl (C=O) groups excluding carboxylic acids is 1. The molecule has 21 heavy (non-hydrogen) atoms. The smallest absolute Gasteiger partial charge is 0.270 e. The van der Waals surface area contributed by atoms with Gasteiger partial charge in [0, 0.05) is 36.9 Å². The zero-order valence-corrected chi connectivity index (χ0v) is 11.5. The van der Waals surface area contributed by atoms with Gasteiger partial charge in [0.2, 0.25) is 0 Å². The van der Waals surface area contributed by atoms with Crippen molar-refractivity contribution in [2.24, 2.45) is 0 Å². The highest BCUT2D eigenvalue weighted by Crippen LogP contribution is 2.15. The van der Waals surface area contributed by atoms with Gasteiger partial charge in [-0.15, -0.1) is 0 Å². The maximum Gasteiger partial charge on any atom is 0.270 e. The van der Waals surface area contributed by atoms with Crippen LogP contribution in [0.1, 0.15) is 22.7 Å². The molecule has 0 aliphatic rings. The lowest BCUT2D eigenvalue weighted by atomic mass is 10.1. The molecule has 1 aromatic carbocycles. The van der Waals surface area contributed by atoms with Gasteiger partial charge in [0.05, 0.1) is 0 Å². The van der Waals surface area contributed by atoms with Crippen LogP contribution in [0.2, 0.25) is 0 Å². The third-order valence-corrected chi connectivity index (χ3v) is 3.32. The molecule has 3 rings (SSSR count). The van der Waals surface area contributed by atoms with Crippen molar-refractivity contribution in [1.29, 1.82) is 0 Å². The third-order valence-electron chi connectivity index (χ3n) is 3.32. The fraction of sp³-hybridized carbons (Fsp3) is 0.188. The fourth-order valence-electron chi connectivity index (χ4n) is 2.28. The first kappa shape index (κ1) is 13.3. The Morgan fingerprint density at radius 1 is 1.14 bits per heavy atom. The fourth-order valence-corrected chi connectivity index (χ4v) is 2.28. The number of hydrogen-bond donors (Lipinski definition) is 2. The normalized spacial score (nSPS) is 10.7. The summed E-state index contributed by atoms with van der Waals surface area (Å²) >= 11 is 0. The minimum absolute atomic E-state index is 0.133. The lowest BCUT2D eigenvalue weighted by Crippen LogP contribution is -2.26. The van der Waals surface area contributed by atoms with Crippen molar-refractivity contribution in [3.63, 3.8) is 0 Å². The Balaban J connectivity index is 1.62. The van der Waals surface area contributed by atoms with Gasteiger partial charge < -0.3 is 10.3 Å². The van der Waals surface area contributed by atoms with Gasteiger partial charge in [0.15, 0.2) is 0 Å². The number of hydrogen-bond acceptors (Lipinski definition) is 3. The topological polar surface area (TPSA) is 70.7 Å². The van der Waals surface area contributed by atoms with Gasteiger partial charge in [-0.1, -0.05) is 24.3 Å². The molecule has 3 aromatic rings. The summed E-state index contributed by atoms with van der Waals surface area (Å²) in [6.45, 7) is 0.602. The van der Waals surface area contributed by atoms with E-state index >= 15 is 0 Å². The van der Waals surface area contributed by atoms with Crippen LogP contribution in [0.4, 0.5) is 0 Å². The summed E-state index contributed by atoms with van der Waals surface area (Å²) in [7, 11) is 0. The molecule has 0 radical (unpaired) electrons. The Kier molecular flexibility index (Phi) is 3.91. The molecule has 1 amide bonds. The number of carbonyl (C=O) groups is 1. The van der Waals surface area contributed by atoms with Crippen LogP contribution in [0.5, 0.6) is 0 Å². The maximum absolute atomic E-state index is 12.2. The molecule has 0 saturated carbocycles. The van der Waals surface area contributed by atoms with E-state index in [-0.39, 0.29) is 5.91 Å². The van der Waals surface area contributed by atoms with Crippen molar-refractivity contribution in [3.05, 3.63) is 60.4 Å². The second-order valence-corrected chi connectivity index (χ2v) is 4.78. The Morgan fingerprint density at radius 3 is 2.90 bits per heavy atom. The number of rotatable bonds is 5. The number of H-pyrrole nitrogens is 1. The molecule has 0 unspecified atom stereocenters. The summed E-state index contributed by atoms with van der Waals surface area (Å²) in [4.78, 5) is 23.6. The summed E-state index contributed by atoms with van der Waals surface area (Å²) in [5, 5.41) is 4.81. The number of aryl methyl sites for hydroxylation is 1. The summed E-state index contributed by atoms with van der Waals surface area (Å²) in [5.74, 6) is 0.804. The first-order chi connectivity index (χ1) is 10.3. The monoisotopic (exact) mass is 280 g/mol. The third kappa shape index (κ3) is 3.08. The summed E-state index contributed by atoms with van der Waals surface area (Å²) in [5.41, 5.74) is 0.478. The van der Waals surface area contributed by atoms with E-state index in [9.17, 15) is 4.79 Å². The summed E-state index contributed by atoms with van der Waals surface area (Å²) < 4.78 is 0. The van der Waals surface area contributed by atoms with Gasteiger partial charge in [-0.3, -0.25) is 9.78 Å². The predicted octanol–water partition coefficient (Wildman–Crippen LogP) is 2.32. The van der Waals surface area contributed by atoms with Gasteiger partial charge in [0.1, 0.15) is 11.5 Å². The lowest BCUT2D eigenvalue weighted by molar-refractivity contribution is 0.0950. The number of nitrogens with zero attached hydrogens (tertiary/aromatic N) is 2. The number of nitrogens with one attached hydrogen (secondary N) is 2. The molecule has 0 fully saturated rings. The molecule has 5 nitrogen and oxygen atoms in total. The highest BCUT2D eigenvalue weighted by atomic mass is 16.1. The molecule has 5 heteroatoms. The van der Waals surface area contributed by atoms with Crippen LogP contribution in [-0.4, -0.2) is 27.4 Å². The number of amides is 1. The molecule has 0 bridgehead atoms. The SMILES string of the molecule is O=C(NCCCc1ncc[nH]1)c1nccc2ccccc12. The molecular weight excluding hydrogens is 264 g/mol. The molecule has 106 valence electrons. The standard InChI is InChI=1S/C16H16N4O/c21-16(20-8-3-6-14-17-10-11-18-14)15-13-5-2-1-4-12(13)7-9-19-15/h1-2,4-5,7,9-11H,3,6,8H2,(H,17,18)(H,20,21). The highest BCUT2D eigenvalue weighted by molar-refractivity contribution is 6.05. The minimum Gasteiger partial charge on any atom is -0.351 e. The van der Waals surface area contributed by atoms with E-state index in [4.69, 9.17) is 0 Å². The van der Waals surface area contributed by atoms with Gasteiger partial charge in [-0.2, -0.15) is 0 Å². The Labute approximate surface area is 122 Å². The van der Waals surface area contributed by atoms with E-state index < -0.39 is 0 Å². The van der Waals surface area contributed by atoms with E-state index in [1.165, 1.54) is 0 Å². The van der Waals surface area contributed by atoms with Crippen molar-refractivity contribution in [2.45, 2.75) is 12.8 Å². The number of fused-ring (bicyclic) bond motifs is 1. The van der Waals surface area contributed by atoms with E-state index in [1.807, 2.05) is 30.3 Å². The molecular formula is C16H16N4O. The quantitative estimate of drug-likeness (QED) is 0.705. The number of aromatic nitrogens is 3. The van der Waals surface area contributed by atoms with Crippen molar-refractivity contribution >= 4 is 16.7 Å². The average Bonchev–Trinajstić information content (AvgIpc) is 3.04. The van der Waals surface area contributed by atoms with E-state index in [1.54, 1.807) is 18.6 Å². The number of aromatic amines is 1. The van der Waals surface area contributed by atoms with Crippen LogP contribution in [0.3, 0.4) is 0 Å². The van der Waals surface area contributed by atoms with Crippen molar-refractivity contribution < 1.29 is 4.79 Å². The first-order valence-electron chi connectivity index (χ1n) is 6.95. The molecule has 0 aliphatic carbocycles. The van der Waals surface area contributed by atoms with E-state index in [0.717, 1.165) is 29.4 Å². The first-order valence-corrected chi connectivity index (χ1v) is 6.95. The van der Waals surface area contributed by atoms with Crippen LogP contribution in [-0.2, 0) is 6.42 Å². The second kappa shape index (κ2) is 6.17. The van der Waals surface area contributed by atoms with Gasteiger partial charge in [-0.25, -0.2) is 4.98 Å². The van der Waals surface area contributed by atoms with Crippen LogP contribution in [0, 0.1) is 0 Å². The van der Waals surface area contributed by atoms with Gasteiger partial charge >= 0.3 is 0 Å². The van der Waals surface area contributed by atoms with Crippen LogP contribution in [0.25, 0.3) is 10.8 Å². The summed E-state index contributed by atoms with van der Waals surface area (Å²) in [6.07, 6.45) is 6.85. The Hall–Kier alpha value is -2.69. The number of pyridine rings is 1. The Bertz CT molecular complexity index is 732. The van der Waals surface area contributed by atoms with Crippen LogP contribution >= 0.6 is 0 Å². The maximum atomic E-state index is 12.2. The zero-order valence-electron chi connectivity index (χ0n) is 11.5. The zero-order chi connectivity index (χ0) is 14.5. The van der Waals surface area contributed by atoms with E-state index in [0.29, 0.717) is 12.2 Å². The molecule has 0 atom stereocenters. The molecule has 2 N–H and O–H groups in total. The van der Waals surface area contributed by atoms with Crippen LogP contribution < -0.4 is 5.32 Å². The average molecular weight is 280 g/mol. The van der Waals surface area contributed by atoms with E-state index in [2.05, 4.69) is 20.3 Å². The number of imidazole rings is 1. The molecule has 0 spiro atoms. The Morgan fingerprint density at radius 2 is 2.05 bits per heavy atom.